The Hall–Kier alpha value is -1.45. The van der Waals surface area contributed by atoms with E-state index >= 15 is 0 Å². The molecule has 6 heteroatoms. The highest BCUT2D eigenvalue weighted by molar-refractivity contribution is 7.57. The van der Waals surface area contributed by atoms with Crippen molar-refractivity contribution in [1.82, 2.24) is 5.16 Å². The maximum atomic E-state index is 12.8. The van der Waals surface area contributed by atoms with E-state index in [4.69, 9.17) is 9.05 Å². The average molecular weight is 283 g/mol. The molecule has 1 heterocycles. The molecule has 0 bridgehead atoms. The summed E-state index contributed by atoms with van der Waals surface area (Å²) in [6.07, 6.45) is 0.228. The first kappa shape index (κ1) is 14.0. The molecule has 0 radical (unpaired) electrons. The van der Waals surface area contributed by atoms with Crippen molar-refractivity contribution in [3.63, 3.8) is 0 Å². The van der Waals surface area contributed by atoms with Gasteiger partial charge in [0.1, 0.15) is 5.82 Å². The van der Waals surface area contributed by atoms with E-state index in [-0.39, 0.29) is 12.0 Å². The van der Waals surface area contributed by atoms with Crippen LogP contribution in [0.3, 0.4) is 0 Å². The van der Waals surface area contributed by atoms with Crippen LogP contribution in [0.15, 0.2) is 34.9 Å². The van der Waals surface area contributed by atoms with E-state index in [9.17, 15) is 8.96 Å². The van der Waals surface area contributed by atoms with Crippen LogP contribution in [0.25, 0.3) is 11.3 Å². The van der Waals surface area contributed by atoms with E-state index in [0.717, 1.165) is 5.56 Å². The van der Waals surface area contributed by atoms with Gasteiger partial charge in [-0.1, -0.05) is 5.16 Å². The van der Waals surface area contributed by atoms with Crippen LogP contribution >= 0.6 is 7.37 Å². The number of halogens is 1. The van der Waals surface area contributed by atoms with E-state index in [2.05, 4.69) is 5.16 Å². The van der Waals surface area contributed by atoms with E-state index in [1.165, 1.54) is 12.1 Å². The molecule has 0 fully saturated rings. The van der Waals surface area contributed by atoms with Crippen LogP contribution in [0, 0.1) is 5.82 Å². The zero-order valence-corrected chi connectivity index (χ0v) is 11.7. The molecule has 0 amide bonds. The van der Waals surface area contributed by atoms with Crippen LogP contribution in [0.5, 0.6) is 0 Å². The number of benzene rings is 1. The molecule has 1 atom stereocenters. The molecule has 0 aliphatic heterocycles. The topological polar surface area (TPSA) is 52.3 Å². The first-order valence-corrected chi connectivity index (χ1v) is 8.18. The van der Waals surface area contributed by atoms with Crippen LogP contribution < -0.4 is 0 Å². The van der Waals surface area contributed by atoms with Crippen molar-refractivity contribution in [2.75, 3.05) is 13.3 Å². The lowest BCUT2D eigenvalue weighted by atomic mass is 10.1. The van der Waals surface area contributed by atoms with Crippen LogP contribution in [-0.2, 0) is 15.3 Å². The molecule has 0 saturated carbocycles. The second-order valence-corrected chi connectivity index (χ2v) is 6.88. The summed E-state index contributed by atoms with van der Waals surface area (Å²) in [4.78, 5) is 0. The molecule has 19 heavy (non-hydrogen) atoms. The van der Waals surface area contributed by atoms with Gasteiger partial charge in [-0.05, 0) is 31.2 Å². The SMILES string of the molecule is CCOP(C)(=O)Cc1cc(-c2ccc(F)cc2)on1. The Morgan fingerprint density at radius 1 is 1.37 bits per heavy atom. The molecule has 2 rings (SSSR count). The molecular formula is C13H15FNO3P. The molecule has 102 valence electrons. The van der Waals surface area contributed by atoms with Gasteiger partial charge in [0.05, 0.1) is 18.5 Å². The first-order chi connectivity index (χ1) is 9.00. The molecular weight excluding hydrogens is 268 g/mol. The third-order valence-corrected chi connectivity index (χ3v) is 4.24. The summed E-state index contributed by atoms with van der Waals surface area (Å²) in [5.41, 5.74) is 1.29. The Morgan fingerprint density at radius 2 is 2.05 bits per heavy atom. The van der Waals surface area contributed by atoms with Crippen LogP contribution in [-0.4, -0.2) is 18.4 Å². The standard InChI is InChI=1S/C13H15FNO3P/c1-3-17-19(2,16)9-12-8-13(18-15-12)10-4-6-11(14)7-5-10/h4-8H,3,9H2,1-2H3. The Morgan fingerprint density at radius 3 is 2.68 bits per heavy atom. The fourth-order valence-electron chi connectivity index (χ4n) is 1.75. The molecule has 0 N–H and O–H groups in total. The largest absolute Gasteiger partial charge is 0.356 e. The fourth-order valence-corrected chi connectivity index (χ4v) is 3.12. The molecule has 1 aromatic carbocycles. The molecule has 0 spiro atoms. The molecule has 0 aliphatic rings. The monoisotopic (exact) mass is 283 g/mol. The highest BCUT2D eigenvalue weighted by Crippen LogP contribution is 2.46. The van der Waals surface area contributed by atoms with Crippen molar-refractivity contribution in [1.29, 1.82) is 0 Å². The minimum atomic E-state index is -2.68. The number of nitrogens with zero attached hydrogens (tertiary/aromatic N) is 1. The summed E-state index contributed by atoms with van der Waals surface area (Å²) in [5.74, 6) is 0.212. The summed E-state index contributed by atoms with van der Waals surface area (Å²) in [6.45, 7) is 3.77. The normalized spacial score (nSPS) is 14.3. The van der Waals surface area contributed by atoms with Crippen molar-refractivity contribution >= 4 is 7.37 Å². The van der Waals surface area contributed by atoms with Gasteiger partial charge in [-0.3, -0.25) is 4.57 Å². The smallest absolute Gasteiger partial charge is 0.206 e. The first-order valence-electron chi connectivity index (χ1n) is 5.93. The Kier molecular flexibility index (Phi) is 4.17. The second kappa shape index (κ2) is 5.68. The summed E-state index contributed by atoms with van der Waals surface area (Å²) in [7, 11) is -2.68. The van der Waals surface area contributed by atoms with Gasteiger partial charge < -0.3 is 9.05 Å². The van der Waals surface area contributed by atoms with Crippen molar-refractivity contribution < 1.29 is 18.0 Å². The van der Waals surface area contributed by atoms with Crippen molar-refractivity contribution in [3.05, 3.63) is 41.8 Å². The predicted molar refractivity (Wildman–Crippen MR) is 70.8 cm³/mol. The maximum absolute atomic E-state index is 12.8. The Balaban J connectivity index is 2.15. The van der Waals surface area contributed by atoms with E-state index in [1.54, 1.807) is 31.8 Å². The van der Waals surface area contributed by atoms with Crippen molar-refractivity contribution in [2.45, 2.75) is 13.1 Å². The minimum Gasteiger partial charge on any atom is -0.356 e. The summed E-state index contributed by atoms with van der Waals surface area (Å²) >= 11 is 0. The highest BCUT2D eigenvalue weighted by atomic mass is 31.2. The lowest BCUT2D eigenvalue weighted by molar-refractivity contribution is 0.335. The van der Waals surface area contributed by atoms with E-state index in [0.29, 0.717) is 18.1 Å². The van der Waals surface area contributed by atoms with Gasteiger partial charge in [0.25, 0.3) is 0 Å². The minimum absolute atomic E-state index is 0.228. The number of hydrogen-bond donors (Lipinski definition) is 0. The van der Waals surface area contributed by atoms with Gasteiger partial charge in [-0.25, -0.2) is 4.39 Å². The van der Waals surface area contributed by atoms with Crippen LogP contribution in [0.1, 0.15) is 12.6 Å². The summed E-state index contributed by atoms with van der Waals surface area (Å²) in [5, 5.41) is 3.86. The van der Waals surface area contributed by atoms with Crippen LogP contribution in [0.2, 0.25) is 0 Å². The van der Waals surface area contributed by atoms with Gasteiger partial charge in [-0.15, -0.1) is 0 Å². The van der Waals surface area contributed by atoms with Gasteiger partial charge in [0.15, 0.2) is 5.76 Å². The average Bonchev–Trinajstić information content (AvgIpc) is 2.77. The van der Waals surface area contributed by atoms with Gasteiger partial charge >= 0.3 is 0 Å². The third-order valence-electron chi connectivity index (χ3n) is 2.54. The number of aromatic nitrogens is 1. The Labute approximate surface area is 111 Å². The van der Waals surface area contributed by atoms with E-state index < -0.39 is 7.37 Å². The molecule has 2 aromatic rings. The lowest BCUT2D eigenvalue weighted by Gasteiger charge is -2.09. The summed E-state index contributed by atoms with van der Waals surface area (Å²) in [6, 6.07) is 7.61. The molecule has 0 saturated heterocycles. The lowest BCUT2D eigenvalue weighted by Crippen LogP contribution is -1.92. The zero-order chi connectivity index (χ0) is 13.9. The summed E-state index contributed by atoms with van der Waals surface area (Å²) < 4.78 is 35.2. The zero-order valence-electron chi connectivity index (χ0n) is 10.8. The highest BCUT2D eigenvalue weighted by Gasteiger charge is 2.19. The maximum Gasteiger partial charge on any atom is 0.206 e. The molecule has 1 aromatic heterocycles. The quantitative estimate of drug-likeness (QED) is 0.780. The van der Waals surface area contributed by atoms with Gasteiger partial charge in [0.2, 0.25) is 7.37 Å². The number of rotatable bonds is 5. The van der Waals surface area contributed by atoms with Crippen molar-refractivity contribution in [2.24, 2.45) is 0 Å². The van der Waals surface area contributed by atoms with E-state index in [1.807, 2.05) is 0 Å². The third kappa shape index (κ3) is 3.75. The van der Waals surface area contributed by atoms with Gasteiger partial charge in [-0.2, -0.15) is 0 Å². The van der Waals surface area contributed by atoms with Gasteiger partial charge in [0, 0.05) is 18.3 Å². The predicted octanol–water partition coefficient (Wildman–Crippen LogP) is 3.93. The van der Waals surface area contributed by atoms with Crippen molar-refractivity contribution in [3.8, 4) is 11.3 Å². The van der Waals surface area contributed by atoms with Crippen LogP contribution in [0.4, 0.5) is 4.39 Å². The second-order valence-electron chi connectivity index (χ2n) is 4.28. The Bertz CT molecular complexity index is 594. The molecule has 0 aliphatic carbocycles. The molecule has 1 unspecified atom stereocenters. The fraction of sp³-hybridized carbons (Fsp3) is 0.308. The number of hydrogen-bond acceptors (Lipinski definition) is 4. The molecule has 4 nitrogen and oxygen atoms in total.